The van der Waals surface area contributed by atoms with E-state index in [0.29, 0.717) is 11.5 Å². The SMILES string of the molecule is C=O.CCCCCCCCCc1cccc(O)c1CCCCCCCCC.Oc1ccccc1. The van der Waals surface area contributed by atoms with Crippen LogP contribution in [-0.4, -0.2) is 17.0 Å². The van der Waals surface area contributed by atoms with Gasteiger partial charge in [-0.15, -0.1) is 0 Å². The molecule has 0 unspecified atom stereocenters. The number of hydrogen-bond acceptors (Lipinski definition) is 3. The molecule has 3 nitrogen and oxygen atoms in total. The molecule has 0 heterocycles. The third-order valence-electron chi connectivity index (χ3n) is 6.08. The minimum Gasteiger partial charge on any atom is -0.508 e. The largest absolute Gasteiger partial charge is 0.508 e. The summed E-state index contributed by atoms with van der Waals surface area (Å²) in [5.41, 5.74) is 2.61. The summed E-state index contributed by atoms with van der Waals surface area (Å²) in [6.45, 7) is 6.54. The van der Waals surface area contributed by atoms with Crippen molar-refractivity contribution < 1.29 is 15.0 Å². The van der Waals surface area contributed by atoms with Gasteiger partial charge in [-0.05, 0) is 55.0 Å². The first-order valence-corrected chi connectivity index (χ1v) is 13.5. The molecule has 2 aromatic carbocycles. The van der Waals surface area contributed by atoms with Crippen LogP contribution < -0.4 is 0 Å². The third-order valence-corrected chi connectivity index (χ3v) is 6.08. The van der Waals surface area contributed by atoms with Gasteiger partial charge in [-0.2, -0.15) is 0 Å². The molecule has 192 valence electrons. The lowest BCUT2D eigenvalue weighted by atomic mass is 9.95. The normalized spacial score (nSPS) is 10.1. The van der Waals surface area contributed by atoms with Gasteiger partial charge in [0.05, 0.1) is 0 Å². The Morgan fingerprint density at radius 3 is 1.50 bits per heavy atom. The van der Waals surface area contributed by atoms with Gasteiger partial charge in [-0.1, -0.05) is 121 Å². The van der Waals surface area contributed by atoms with E-state index >= 15 is 0 Å². The molecule has 0 radical (unpaired) electrons. The van der Waals surface area contributed by atoms with Crippen LogP contribution in [0.3, 0.4) is 0 Å². The van der Waals surface area contributed by atoms with Crippen LogP contribution in [0.25, 0.3) is 0 Å². The molecule has 0 aromatic heterocycles. The van der Waals surface area contributed by atoms with E-state index in [0.717, 1.165) is 12.8 Å². The zero-order valence-electron chi connectivity index (χ0n) is 21.9. The van der Waals surface area contributed by atoms with Crippen LogP contribution in [0.2, 0.25) is 0 Å². The van der Waals surface area contributed by atoms with E-state index in [9.17, 15) is 5.11 Å². The van der Waals surface area contributed by atoms with Gasteiger partial charge < -0.3 is 15.0 Å². The maximum absolute atomic E-state index is 10.3. The number of hydrogen-bond donors (Lipinski definition) is 2. The van der Waals surface area contributed by atoms with E-state index in [1.165, 1.54) is 101 Å². The van der Waals surface area contributed by atoms with Crippen molar-refractivity contribution in [2.75, 3.05) is 0 Å². The zero-order chi connectivity index (χ0) is 25.3. The molecule has 34 heavy (non-hydrogen) atoms. The van der Waals surface area contributed by atoms with E-state index in [-0.39, 0.29) is 0 Å². The Kier molecular flexibility index (Phi) is 22.2. The van der Waals surface area contributed by atoms with Crippen LogP contribution in [0, 0.1) is 0 Å². The molecule has 0 aliphatic heterocycles. The summed E-state index contributed by atoms with van der Waals surface area (Å²) in [7, 11) is 0. The van der Waals surface area contributed by atoms with Crippen LogP contribution in [0.5, 0.6) is 11.5 Å². The van der Waals surface area contributed by atoms with Gasteiger partial charge in [-0.3, -0.25) is 0 Å². The molecule has 2 N–H and O–H groups in total. The van der Waals surface area contributed by atoms with Crippen molar-refractivity contribution in [1.29, 1.82) is 0 Å². The van der Waals surface area contributed by atoms with Gasteiger partial charge in [0.2, 0.25) is 0 Å². The fraction of sp³-hybridized carbons (Fsp3) is 0.581. The maximum Gasteiger partial charge on any atom is 0.119 e. The summed E-state index contributed by atoms with van der Waals surface area (Å²) in [5.74, 6) is 0.842. The van der Waals surface area contributed by atoms with Gasteiger partial charge in [0.1, 0.15) is 18.3 Å². The molecule has 0 fully saturated rings. The fourth-order valence-electron chi connectivity index (χ4n) is 4.10. The van der Waals surface area contributed by atoms with Crippen molar-refractivity contribution in [3.8, 4) is 11.5 Å². The van der Waals surface area contributed by atoms with E-state index < -0.39 is 0 Å². The molecular formula is C31H50O3. The second-order valence-electron chi connectivity index (χ2n) is 8.99. The number of phenolic OH excluding ortho intramolecular Hbond substituents is 2. The Balaban J connectivity index is 0.00000101. The number of carbonyl (C=O) groups excluding carboxylic acids is 1. The third kappa shape index (κ3) is 17.2. The molecule has 0 saturated heterocycles. The highest BCUT2D eigenvalue weighted by Gasteiger charge is 2.07. The standard InChI is InChI=1S/C24H42O.C6H6O.CH2O/c1-3-5-7-9-11-13-15-18-22-19-17-21-24(25)23(22)20-16-14-12-10-8-6-4-2;7-6-4-2-1-3-5-6;1-2/h17,19,21,25H,3-16,18,20H2,1-2H3;1-5,7H;1H2. The summed E-state index contributed by atoms with van der Waals surface area (Å²) >= 11 is 0. The first-order chi connectivity index (χ1) is 16.7. The van der Waals surface area contributed by atoms with Crippen LogP contribution in [0.1, 0.15) is 115 Å². The Morgan fingerprint density at radius 2 is 1.03 bits per heavy atom. The molecule has 0 aliphatic carbocycles. The van der Waals surface area contributed by atoms with E-state index in [1.54, 1.807) is 24.3 Å². The summed E-state index contributed by atoms with van der Waals surface area (Å²) in [6, 6.07) is 14.8. The molecule has 2 rings (SSSR count). The Hall–Kier alpha value is -2.29. The smallest absolute Gasteiger partial charge is 0.119 e. The summed E-state index contributed by atoms with van der Waals surface area (Å²) in [4.78, 5) is 8.00. The second kappa shape index (κ2) is 23.9. The zero-order valence-corrected chi connectivity index (χ0v) is 21.9. The number of aryl methyl sites for hydroxylation is 1. The monoisotopic (exact) mass is 470 g/mol. The predicted molar refractivity (Wildman–Crippen MR) is 147 cm³/mol. The molecule has 0 atom stereocenters. The van der Waals surface area contributed by atoms with Gasteiger partial charge >= 0.3 is 0 Å². The quantitative estimate of drug-likeness (QED) is 0.240. The molecule has 2 aromatic rings. The Morgan fingerprint density at radius 1 is 0.559 bits per heavy atom. The number of benzene rings is 2. The molecule has 0 spiro atoms. The second-order valence-corrected chi connectivity index (χ2v) is 8.99. The van der Waals surface area contributed by atoms with E-state index in [2.05, 4.69) is 19.9 Å². The molecular weight excluding hydrogens is 420 g/mol. The van der Waals surface area contributed by atoms with Crippen LogP contribution >= 0.6 is 0 Å². The average Bonchev–Trinajstić information content (AvgIpc) is 2.86. The Labute approximate surface area is 209 Å². The van der Waals surface area contributed by atoms with Gasteiger partial charge in [0, 0.05) is 0 Å². The first-order valence-electron chi connectivity index (χ1n) is 13.5. The Bertz CT molecular complexity index is 684. The number of para-hydroxylation sites is 1. The van der Waals surface area contributed by atoms with Crippen LogP contribution in [0.15, 0.2) is 48.5 Å². The van der Waals surface area contributed by atoms with E-state index in [1.807, 2.05) is 25.0 Å². The lowest BCUT2D eigenvalue weighted by molar-refractivity contribution is -0.0980. The van der Waals surface area contributed by atoms with Crippen molar-refractivity contribution in [3.05, 3.63) is 59.7 Å². The van der Waals surface area contributed by atoms with Gasteiger partial charge in [0.25, 0.3) is 0 Å². The number of rotatable bonds is 16. The van der Waals surface area contributed by atoms with Crippen molar-refractivity contribution in [3.63, 3.8) is 0 Å². The van der Waals surface area contributed by atoms with Gasteiger partial charge in [-0.25, -0.2) is 0 Å². The van der Waals surface area contributed by atoms with Crippen molar-refractivity contribution in [1.82, 2.24) is 0 Å². The number of phenols is 2. The maximum atomic E-state index is 10.3. The topological polar surface area (TPSA) is 57.5 Å². The number of carbonyl (C=O) groups is 1. The van der Waals surface area contributed by atoms with E-state index in [4.69, 9.17) is 9.90 Å². The molecule has 3 heteroatoms. The van der Waals surface area contributed by atoms with Crippen LogP contribution in [-0.2, 0) is 17.6 Å². The first kappa shape index (κ1) is 31.7. The highest BCUT2D eigenvalue weighted by molar-refractivity contribution is 5.39. The minimum absolute atomic E-state index is 0.322. The number of unbranched alkanes of at least 4 members (excludes halogenated alkanes) is 12. The predicted octanol–water partition coefficient (Wildman–Crippen LogP) is 9.19. The van der Waals surface area contributed by atoms with Crippen LogP contribution in [0.4, 0.5) is 0 Å². The molecule has 0 bridgehead atoms. The average molecular weight is 471 g/mol. The lowest BCUT2D eigenvalue weighted by Gasteiger charge is -2.12. The summed E-state index contributed by atoms with van der Waals surface area (Å²) in [6.07, 6.45) is 21.0. The summed E-state index contributed by atoms with van der Waals surface area (Å²) in [5, 5.41) is 18.9. The highest BCUT2D eigenvalue weighted by Crippen LogP contribution is 2.25. The fourth-order valence-corrected chi connectivity index (χ4v) is 4.10. The molecule has 0 saturated carbocycles. The van der Waals surface area contributed by atoms with Crippen molar-refractivity contribution in [2.45, 2.75) is 117 Å². The van der Waals surface area contributed by atoms with Crippen molar-refractivity contribution >= 4 is 6.79 Å². The minimum atomic E-state index is 0.322. The molecule has 0 aliphatic rings. The highest BCUT2D eigenvalue weighted by atomic mass is 16.3. The van der Waals surface area contributed by atoms with Crippen molar-refractivity contribution in [2.24, 2.45) is 0 Å². The lowest BCUT2D eigenvalue weighted by Crippen LogP contribution is -1.96. The van der Waals surface area contributed by atoms with Gasteiger partial charge in [0.15, 0.2) is 0 Å². The molecule has 0 amide bonds. The summed E-state index contributed by atoms with van der Waals surface area (Å²) < 4.78 is 0. The number of aromatic hydroxyl groups is 2.